The molecule has 0 bridgehead atoms. The summed E-state index contributed by atoms with van der Waals surface area (Å²) in [4.78, 5) is 32.2. The molecule has 2 aromatic heterocycles. The van der Waals surface area contributed by atoms with Gasteiger partial charge in [0, 0.05) is 11.8 Å². The Kier molecular flexibility index (Phi) is 5.98. The minimum absolute atomic E-state index is 0.176. The smallest absolute Gasteiger partial charge is 0.315 e. The Bertz CT molecular complexity index is 1510. The first kappa shape index (κ1) is 22.3. The van der Waals surface area contributed by atoms with Gasteiger partial charge in [-0.25, -0.2) is 9.37 Å². The summed E-state index contributed by atoms with van der Waals surface area (Å²) in [7, 11) is 0. The van der Waals surface area contributed by atoms with Gasteiger partial charge in [0.2, 0.25) is 0 Å². The number of hydrogen-bond donors (Lipinski definition) is 4. The van der Waals surface area contributed by atoms with Gasteiger partial charge in [0.05, 0.1) is 15.5 Å². The van der Waals surface area contributed by atoms with Gasteiger partial charge in [-0.3, -0.25) is 14.7 Å². The van der Waals surface area contributed by atoms with Crippen molar-refractivity contribution in [1.29, 1.82) is 0 Å². The number of fused-ring (bicyclic) bond motifs is 1. The second kappa shape index (κ2) is 9.39. The van der Waals surface area contributed by atoms with E-state index in [1.54, 1.807) is 30.3 Å². The van der Waals surface area contributed by atoms with Gasteiger partial charge in [0.1, 0.15) is 23.0 Å². The second-order valence-corrected chi connectivity index (χ2v) is 8.23. The fourth-order valence-electron chi connectivity index (χ4n) is 3.23. The van der Waals surface area contributed by atoms with Gasteiger partial charge >= 0.3 is 11.8 Å². The van der Waals surface area contributed by atoms with Crippen LogP contribution in [0.5, 0.6) is 11.5 Å². The van der Waals surface area contributed by atoms with Gasteiger partial charge in [0.15, 0.2) is 11.6 Å². The van der Waals surface area contributed by atoms with E-state index in [0.29, 0.717) is 28.7 Å². The Morgan fingerprint density at radius 1 is 0.914 bits per heavy atom. The molecule has 4 N–H and O–H groups in total. The standard InChI is InChI=1S/C24H16BrFN6O3/c25-16-11-15(9-10-17(16)26)35-14-7-5-13(6-8-14)27-23(33)24(34)30-21-12-20(31-32-21)22-28-18-3-1-2-4-19(18)29-22/h1-12H,(H,27,33)(H,28,29)(H2,30,31,32,34). The molecule has 0 saturated carbocycles. The summed E-state index contributed by atoms with van der Waals surface area (Å²) in [6, 6.07) is 19.8. The van der Waals surface area contributed by atoms with Crippen molar-refractivity contribution in [3.8, 4) is 23.0 Å². The molecular formula is C24H16BrFN6O3. The minimum Gasteiger partial charge on any atom is -0.457 e. The van der Waals surface area contributed by atoms with Gasteiger partial charge < -0.3 is 20.4 Å². The first-order valence-electron chi connectivity index (χ1n) is 10.3. The van der Waals surface area contributed by atoms with E-state index in [0.717, 1.165) is 11.0 Å². The molecule has 0 spiro atoms. The van der Waals surface area contributed by atoms with Crippen LogP contribution in [0.3, 0.4) is 0 Å². The van der Waals surface area contributed by atoms with E-state index in [1.807, 2.05) is 24.3 Å². The van der Waals surface area contributed by atoms with Crippen LogP contribution in [0.25, 0.3) is 22.6 Å². The predicted octanol–water partition coefficient (Wildman–Crippen LogP) is 5.22. The van der Waals surface area contributed by atoms with Gasteiger partial charge in [-0.1, -0.05) is 12.1 Å². The fourth-order valence-corrected chi connectivity index (χ4v) is 3.59. The number of amides is 2. The van der Waals surface area contributed by atoms with Crippen molar-refractivity contribution in [3.05, 3.63) is 83.1 Å². The zero-order valence-corrected chi connectivity index (χ0v) is 19.4. The lowest BCUT2D eigenvalue weighted by Crippen LogP contribution is -2.29. The zero-order valence-electron chi connectivity index (χ0n) is 17.8. The summed E-state index contributed by atoms with van der Waals surface area (Å²) in [5.41, 5.74) is 2.61. The molecule has 0 radical (unpaired) electrons. The van der Waals surface area contributed by atoms with Crippen LogP contribution < -0.4 is 15.4 Å². The Labute approximate surface area is 205 Å². The van der Waals surface area contributed by atoms with Crippen LogP contribution in [0.15, 0.2) is 77.3 Å². The molecule has 2 heterocycles. The van der Waals surface area contributed by atoms with Crippen molar-refractivity contribution < 1.29 is 18.7 Å². The van der Waals surface area contributed by atoms with Crippen LogP contribution in [-0.4, -0.2) is 32.0 Å². The quantitative estimate of drug-likeness (QED) is 0.230. The third-order valence-corrected chi connectivity index (χ3v) is 5.52. The summed E-state index contributed by atoms with van der Waals surface area (Å²) in [6.07, 6.45) is 0. The summed E-state index contributed by atoms with van der Waals surface area (Å²) in [5, 5.41) is 11.7. The fraction of sp³-hybridized carbons (Fsp3) is 0. The number of nitrogens with one attached hydrogen (secondary N) is 4. The molecule has 5 rings (SSSR count). The topological polar surface area (TPSA) is 125 Å². The van der Waals surface area contributed by atoms with Gasteiger partial charge in [-0.15, -0.1) is 0 Å². The highest BCUT2D eigenvalue weighted by Gasteiger charge is 2.17. The lowest BCUT2D eigenvalue weighted by atomic mass is 10.3. The van der Waals surface area contributed by atoms with Crippen molar-refractivity contribution in [2.45, 2.75) is 0 Å². The number of ether oxygens (including phenoxy) is 1. The molecule has 0 aliphatic carbocycles. The van der Waals surface area contributed by atoms with E-state index >= 15 is 0 Å². The van der Waals surface area contributed by atoms with E-state index in [2.05, 4.69) is 46.7 Å². The number of para-hydroxylation sites is 2. The van der Waals surface area contributed by atoms with Crippen molar-refractivity contribution in [1.82, 2.24) is 20.2 Å². The number of rotatable bonds is 5. The highest BCUT2D eigenvalue weighted by Crippen LogP contribution is 2.27. The van der Waals surface area contributed by atoms with Gasteiger partial charge in [-0.2, -0.15) is 5.10 Å². The molecule has 0 unspecified atom stereocenters. The van der Waals surface area contributed by atoms with E-state index in [1.165, 1.54) is 18.2 Å². The number of aromatic nitrogens is 4. The van der Waals surface area contributed by atoms with Crippen LogP contribution in [0, 0.1) is 5.82 Å². The van der Waals surface area contributed by atoms with Crippen molar-refractivity contribution in [2.75, 3.05) is 10.6 Å². The number of H-pyrrole nitrogens is 2. The van der Waals surface area contributed by atoms with Crippen LogP contribution >= 0.6 is 15.9 Å². The number of aromatic amines is 2. The zero-order chi connectivity index (χ0) is 24.4. The molecule has 5 aromatic rings. The Balaban J connectivity index is 1.19. The number of nitrogens with zero attached hydrogens (tertiary/aromatic N) is 2. The summed E-state index contributed by atoms with van der Waals surface area (Å²) in [5.74, 6) is -0.502. The summed E-state index contributed by atoms with van der Waals surface area (Å²) in [6.45, 7) is 0. The number of hydrogen-bond acceptors (Lipinski definition) is 5. The normalized spacial score (nSPS) is 10.8. The first-order valence-corrected chi connectivity index (χ1v) is 11.1. The first-order chi connectivity index (χ1) is 16.9. The van der Waals surface area contributed by atoms with E-state index in [-0.39, 0.29) is 10.3 Å². The predicted molar refractivity (Wildman–Crippen MR) is 132 cm³/mol. The lowest BCUT2D eigenvalue weighted by Gasteiger charge is -2.08. The number of carbonyl (C=O) groups excluding carboxylic acids is 2. The molecule has 0 aliphatic rings. The molecule has 11 heteroatoms. The molecule has 0 saturated heterocycles. The molecule has 0 aliphatic heterocycles. The molecule has 174 valence electrons. The second-order valence-electron chi connectivity index (χ2n) is 7.38. The van der Waals surface area contributed by atoms with E-state index in [9.17, 15) is 14.0 Å². The highest BCUT2D eigenvalue weighted by atomic mass is 79.9. The van der Waals surface area contributed by atoms with Crippen molar-refractivity contribution in [3.63, 3.8) is 0 Å². The van der Waals surface area contributed by atoms with Crippen LogP contribution in [0.2, 0.25) is 0 Å². The minimum atomic E-state index is -0.885. The Hall–Kier alpha value is -4.51. The third-order valence-electron chi connectivity index (χ3n) is 4.91. The average molecular weight is 535 g/mol. The number of imidazole rings is 1. The molecule has 0 atom stereocenters. The molecule has 0 fully saturated rings. The van der Waals surface area contributed by atoms with E-state index < -0.39 is 17.6 Å². The number of anilines is 2. The Morgan fingerprint density at radius 3 is 2.43 bits per heavy atom. The van der Waals surface area contributed by atoms with Gasteiger partial charge in [-0.05, 0) is 70.5 Å². The maximum Gasteiger partial charge on any atom is 0.315 e. The van der Waals surface area contributed by atoms with Gasteiger partial charge in [0.25, 0.3) is 0 Å². The van der Waals surface area contributed by atoms with Crippen LogP contribution in [0.4, 0.5) is 15.9 Å². The monoisotopic (exact) mass is 534 g/mol. The maximum absolute atomic E-state index is 13.3. The SMILES string of the molecule is O=C(Nc1ccc(Oc2ccc(F)c(Br)c2)cc1)C(=O)Nc1cc(-c2nc3ccccc3[nH]2)[nH]n1. The average Bonchev–Trinajstić information content (AvgIpc) is 3.49. The molecule has 35 heavy (non-hydrogen) atoms. The lowest BCUT2D eigenvalue weighted by molar-refractivity contribution is -0.133. The molecular weight excluding hydrogens is 519 g/mol. The maximum atomic E-state index is 13.3. The Morgan fingerprint density at radius 2 is 1.66 bits per heavy atom. The number of carbonyl (C=O) groups is 2. The van der Waals surface area contributed by atoms with Crippen LogP contribution in [-0.2, 0) is 9.59 Å². The number of benzene rings is 3. The van der Waals surface area contributed by atoms with Crippen molar-refractivity contribution >= 4 is 50.3 Å². The molecule has 3 aromatic carbocycles. The highest BCUT2D eigenvalue weighted by molar-refractivity contribution is 9.10. The summed E-state index contributed by atoms with van der Waals surface area (Å²) >= 11 is 3.10. The largest absolute Gasteiger partial charge is 0.457 e. The van der Waals surface area contributed by atoms with E-state index in [4.69, 9.17) is 4.74 Å². The third kappa shape index (κ3) is 5.04. The number of halogens is 2. The molecule has 9 nitrogen and oxygen atoms in total. The van der Waals surface area contributed by atoms with Crippen molar-refractivity contribution in [2.24, 2.45) is 0 Å². The molecule has 2 amide bonds. The summed E-state index contributed by atoms with van der Waals surface area (Å²) < 4.78 is 19.3. The van der Waals surface area contributed by atoms with Crippen LogP contribution in [0.1, 0.15) is 0 Å².